The minimum Gasteiger partial charge on any atom is -0.327 e. The third kappa shape index (κ3) is 3.43. The molecule has 136 valence electrons. The van der Waals surface area contributed by atoms with Crippen molar-refractivity contribution in [3.63, 3.8) is 0 Å². The topological polar surface area (TPSA) is 67.2 Å². The molecule has 1 fully saturated rings. The first-order chi connectivity index (χ1) is 12.8. The lowest BCUT2D eigenvalue weighted by molar-refractivity contribution is 0.242. The first-order valence-electron chi connectivity index (χ1n) is 9.50. The second-order valence-electron chi connectivity index (χ2n) is 7.06. The minimum absolute atomic E-state index is 0.0325. The van der Waals surface area contributed by atoms with Gasteiger partial charge in [0.1, 0.15) is 5.01 Å². The van der Waals surface area contributed by atoms with Gasteiger partial charge in [-0.15, -0.1) is 11.3 Å². The summed E-state index contributed by atoms with van der Waals surface area (Å²) in [5.74, 6) is 0.553. The minimum atomic E-state index is -0.280. The monoisotopic (exact) mass is 368 g/mol. The van der Waals surface area contributed by atoms with Gasteiger partial charge in [0, 0.05) is 23.2 Å². The molecule has 1 saturated carbocycles. The fourth-order valence-corrected chi connectivity index (χ4v) is 5.12. The number of rotatable bonds is 4. The zero-order valence-electron chi connectivity index (χ0n) is 15.0. The SMILES string of the molecule is CCC1=NC(=O)NC(c2ccccn2)C1c1nc(C2CCCCC2)cs1. The number of thiazole rings is 1. The van der Waals surface area contributed by atoms with Crippen molar-refractivity contribution in [2.24, 2.45) is 4.99 Å². The van der Waals surface area contributed by atoms with E-state index in [4.69, 9.17) is 4.98 Å². The molecule has 1 aliphatic heterocycles. The van der Waals surface area contributed by atoms with E-state index in [0.29, 0.717) is 5.92 Å². The smallest absolute Gasteiger partial charge is 0.327 e. The van der Waals surface area contributed by atoms with E-state index >= 15 is 0 Å². The Morgan fingerprint density at radius 3 is 2.77 bits per heavy atom. The van der Waals surface area contributed by atoms with Crippen LogP contribution in [-0.2, 0) is 0 Å². The van der Waals surface area contributed by atoms with E-state index in [1.807, 2.05) is 18.2 Å². The van der Waals surface area contributed by atoms with Crippen LogP contribution in [0.15, 0.2) is 34.8 Å². The van der Waals surface area contributed by atoms with Gasteiger partial charge in [-0.1, -0.05) is 32.3 Å². The first-order valence-corrected chi connectivity index (χ1v) is 10.4. The Morgan fingerprint density at radius 2 is 2.04 bits per heavy atom. The highest BCUT2D eigenvalue weighted by Gasteiger charge is 2.37. The number of pyridine rings is 1. The van der Waals surface area contributed by atoms with Crippen molar-refractivity contribution in [3.05, 3.63) is 46.2 Å². The van der Waals surface area contributed by atoms with Crippen LogP contribution in [0.2, 0.25) is 0 Å². The molecular weight excluding hydrogens is 344 g/mol. The lowest BCUT2D eigenvalue weighted by atomic mass is 9.87. The normalized spacial score (nSPS) is 24.2. The van der Waals surface area contributed by atoms with Crippen LogP contribution in [0, 0.1) is 0 Å². The highest BCUT2D eigenvalue weighted by Crippen LogP contribution is 2.39. The van der Waals surface area contributed by atoms with Gasteiger partial charge < -0.3 is 5.32 Å². The van der Waals surface area contributed by atoms with Crippen LogP contribution in [0.5, 0.6) is 0 Å². The van der Waals surface area contributed by atoms with Crippen LogP contribution in [0.3, 0.4) is 0 Å². The number of urea groups is 1. The molecule has 4 rings (SSSR count). The molecule has 2 unspecified atom stereocenters. The van der Waals surface area contributed by atoms with Gasteiger partial charge in [0.2, 0.25) is 0 Å². The van der Waals surface area contributed by atoms with E-state index < -0.39 is 0 Å². The van der Waals surface area contributed by atoms with Gasteiger partial charge in [-0.05, 0) is 31.4 Å². The fraction of sp³-hybridized carbons (Fsp3) is 0.500. The van der Waals surface area contributed by atoms with Crippen LogP contribution in [0.25, 0.3) is 0 Å². The van der Waals surface area contributed by atoms with Crippen LogP contribution >= 0.6 is 11.3 Å². The maximum Gasteiger partial charge on any atom is 0.341 e. The number of nitrogens with one attached hydrogen (secondary N) is 1. The third-order valence-corrected chi connectivity index (χ3v) is 6.36. The molecular formula is C20H24N4OS. The van der Waals surface area contributed by atoms with Crippen LogP contribution in [-0.4, -0.2) is 21.7 Å². The molecule has 0 radical (unpaired) electrons. The van der Waals surface area contributed by atoms with Gasteiger partial charge in [-0.2, -0.15) is 0 Å². The molecule has 2 aromatic heterocycles. The number of hydrogen-bond acceptors (Lipinski definition) is 4. The molecule has 1 N–H and O–H groups in total. The van der Waals surface area contributed by atoms with Crippen LogP contribution in [0.1, 0.15) is 79.7 Å². The Kier molecular flexibility index (Phi) is 5.11. The molecule has 2 atom stereocenters. The van der Waals surface area contributed by atoms with Crippen molar-refractivity contribution in [2.75, 3.05) is 0 Å². The lowest BCUT2D eigenvalue weighted by Gasteiger charge is -2.30. The van der Waals surface area contributed by atoms with E-state index in [0.717, 1.165) is 22.8 Å². The summed E-state index contributed by atoms with van der Waals surface area (Å²) >= 11 is 1.70. The van der Waals surface area contributed by atoms with E-state index in [1.54, 1.807) is 17.5 Å². The number of aliphatic imine (C=N–C) groups is 1. The predicted molar refractivity (Wildman–Crippen MR) is 104 cm³/mol. The average Bonchev–Trinajstić information content (AvgIpc) is 3.18. The van der Waals surface area contributed by atoms with Crippen molar-refractivity contribution < 1.29 is 4.79 Å². The van der Waals surface area contributed by atoms with Gasteiger partial charge in [-0.3, -0.25) is 4.98 Å². The average molecular weight is 369 g/mol. The predicted octanol–water partition coefficient (Wildman–Crippen LogP) is 4.98. The molecule has 3 heterocycles. The summed E-state index contributed by atoms with van der Waals surface area (Å²) in [6, 6.07) is 5.33. The summed E-state index contributed by atoms with van der Waals surface area (Å²) < 4.78 is 0. The lowest BCUT2D eigenvalue weighted by Crippen LogP contribution is -2.39. The Hall–Kier alpha value is -2.08. The van der Waals surface area contributed by atoms with E-state index in [9.17, 15) is 4.79 Å². The molecule has 1 aliphatic carbocycles. The summed E-state index contributed by atoms with van der Waals surface area (Å²) in [5.41, 5.74) is 2.98. The second kappa shape index (κ2) is 7.66. The highest BCUT2D eigenvalue weighted by molar-refractivity contribution is 7.09. The first kappa shape index (κ1) is 17.3. The molecule has 26 heavy (non-hydrogen) atoms. The quantitative estimate of drug-likeness (QED) is 0.827. The highest BCUT2D eigenvalue weighted by atomic mass is 32.1. The molecule has 0 bridgehead atoms. The summed E-state index contributed by atoms with van der Waals surface area (Å²) in [6.07, 6.45) is 8.93. The van der Waals surface area contributed by atoms with Gasteiger partial charge in [0.25, 0.3) is 0 Å². The Labute approximate surface area is 158 Å². The molecule has 0 aromatic carbocycles. The maximum absolute atomic E-state index is 12.1. The Morgan fingerprint density at radius 1 is 1.19 bits per heavy atom. The fourth-order valence-electron chi connectivity index (χ4n) is 4.06. The zero-order chi connectivity index (χ0) is 17.9. The van der Waals surface area contributed by atoms with Crippen molar-refractivity contribution in [2.45, 2.75) is 63.3 Å². The molecule has 5 nitrogen and oxygen atoms in total. The number of nitrogens with zero attached hydrogens (tertiary/aromatic N) is 3. The maximum atomic E-state index is 12.1. The molecule has 6 heteroatoms. The van der Waals surface area contributed by atoms with Crippen LogP contribution in [0.4, 0.5) is 4.79 Å². The van der Waals surface area contributed by atoms with Gasteiger partial charge >= 0.3 is 6.03 Å². The largest absolute Gasteiger partial charge is 0.341 e. The van der Waals surface area contributed by atoms with Crippen LogP contribution < -0.4 is 5.32 Å². The third-order valence-electron chi connectivity index (χ3n) is 5.41. The summed E-state index contributed by atoms with van der Waals surface area (Å²) in [5, 5.41) is 6.27. The molecule has 2 aliphatic rings. The van der Waals surface area contributed by atoms with Crippen molar-refractivity contribution in [1.29, 1.82) is 0 Å². The van der Waals surface area contributed by atoms with E-state index in [-0.39, 0.29) is 18.0 Å². The molecule has 2 amide bonds. The molecule has 2 aromatic rings. The number of amides is 2. The van der Waals surface area contributed by atoms with E-state index in [2.05, 4.69) is 27.6 Å². The summed E-state index contributed by atoms with van der Waals surface area (Å²) in [6.45, 7) is 2.05. The van der Waals surface area contributed by atoms with Crippen molar-refractivity contribution in [1.82, 2.24) is 15.3 Å². The standard InChI is InChI=1S/C20H24N4OS/c1-2-14-17(18(24-20(25)23-14)15-10-6-7-11-21-15)19-22-16(12-26-19)13-8-4-3-5-9-13/h6-7,10-13,17-18H,2-5,8-9H2,1H3,(H,24,25). The van der Waals surface area contributed by atoms with Gasteiger partial charge in [0.05, 0.1) is 23.3 Å². The number of aromatic nitrogens is 2. The Bertz CT molecular complexity index is 795. The zero-order valence-corrected chi connectivity index (χ0v) is 15.8. The molecule has 0 spiro atoms. The number of hydrogen-bond donors (Lipinski definition) is 1. The number of carbonyl (C=O) groups excluding carboxylic acids is 1. The van der Waals surface area contributed by atoms with Gasteiger partial charge in [-0.25, -0.2) is 14.8 Å². The van der Waals surface area contributed by atoms with Gasteiger partial charge in [0.15, 0.2) is 0 Å². The van der Waals surface area contributed by atoms with Crippen molar-refractivity contribution >= 4 is 23.1 Å². The Balaban J connectivity index is 1.69. The van der Waals surface area contributed by atoms with E-state index in [1.165, 1.54) is 37.8 Å². The van der Waals surface area contributed by atoms with Crippen molar-refractivity contribution in [3.8, 4) is 0 Å². The summed E-state index contributed by atoms with van der Waals surface area (Å²) in [4.78, 5) is 25.9. The summed E-state index contributed by atoms with van der Waals surface area (Å²) in [7, 11) is 0. The second-order valence-corrected chi connectivity index (χ2v) is 7.95. The number of carbonyl (C=O) groups is 1. The molecule has 0 saturated heterocycles.